The first-order valence-electron chi connectivity index (χ1n) is 6.13. The van der Waals surface area contributed by atoms with Gasteiger partial charge in [-0.3, -0.25) is 0 Å². The van der Waals surface area contributed by atoms with Crippen LogP contribution in [0.3, 0.4) is 0 Å². The van der Waals surface area contributed by atoms with Gasteiger partial charge in [-0.2, -0.15) is 0 Å². The van der Waals surface area contributed by atoms with Crippen LogP contribution in [0.15, 0.2) is 11.2 Å². The molecule has 0 amide bonds. The van der Waals surface area contributed by atoms with Crippen molar-refractivity contribution in [3.05, 3.63) is 17.5 Å². The normalized spacial score (nSPS) is 11.8. The minimum absolute atomic E-state index is 0.226. The molecule has 4 heteroatoms. The second-order valence-corrected chi connectivity index (χ2v) is 6.01. The van der Waals surface area contributed by atoms with Gasteiger partial charge in [0.2, 0.25) is 0 Å². The summed E-state index contributed by atoms with van der Waals surface area (Å²) in [6.45, 7) is 11.7. The molecule has 3 nitrogen and oxygen atoms in total. The van der Waals surface area contributed by atoms with E-state index in [1.807, 2.05) is 19.9 Å². The summed E-state index contributed by atoms with van der Waals surface area (Å²) in [7, 11) is 0. The van der Waals surface area contributed by atoms with Crippen LogP contribution in [-0.4, -0.2) is 27.8 Å². The molecule has 0 aromatic carbocycles. The van der Waals surface area contributed by atoms with Crippen LogP contribution in [0.4, 0.5) is 0 Å². The van der Waals surface area contributed by atoms with Gasteiger partial charge in [0.1, 0.15) is 0 Å². The topological polar surface area (TPSA) is 37.8 Å². The molecule has 1 heterocycles. The van der Waals surface area contributed by atoms with E-state index in [0.717, 1.165) is 35.3 Å². The SMILES string of the molecule is CCC(C)(C)NCCSc1nc(C)cc(C)n1. The molecule has 0 saturated carbocycles. The molecule has 0 saturated heterocycles. The van der Waals surface area contributed by atoms with Crippen LogP contribution in [0.1, 0.15) is 38.6 Å². The summed E-state index contributed by atoms with van der Waals surface area (Å²) >= 11 is 1.72. The third-order valence-electron chi connectivity index (χ3n) is 2.78. The maximum Gasteiger partial charge on any atom is 0.188 e. The third kappa shape index (κ3) is 5.50. The second-order valence-electron chi connectivity index (χ2n) is 4.95. The molecule has 0 unspecified atom stereocenters. The predicted molar refractivity (Wildman–Crippen MR) is 74.6 cm³/mol. The number of rotatable bonds is 6. The standard InChI is InChI=1S/C13H23N3S/c1-6-13(4,5)14-7-8-17-12-15-10(2)9-11(3)16-12/h9,14H,6-8H2,1-5H3. The lowest BCUT2D eigenvalue weighted by Gasteiger charge is -2.24. The lowest BCUT2D eigenvalue weighted by atomic mass is 10.0. The Labute approximate surface area is 109 Å². The summed E-state index contributed by atoms with van der Waals surface area (Å²) in [6, 6.07) is 2.00. The molecule has 1 aromatic heterocycles. The van der Waals surface area contributed by atoms with Crippen molar-refractivity contribution in [1.29, 1.82) is 0 Å². The molecule has 0 spiro atoms. The van der Waals surface area contributed by atoms with Crippen LogP contribution in [0.5, 0.6) is 0 Å². The molecule has 1 N–H and O–H groups in total. The van der Waals surface area contributed by atoms with E-state index in [1.54, 1.807) is 11.8 Å². The van der Waals surface area contributed by atoms with Crippen LogP contribution in [0, 0.1) is 13.8 Å². The Morgan fingerprint density at radius 2 is 1.82 bits per heavy atom. The van der Waals surface area contributed by atoms with Gasteiger partial charge in [0, 0.05) is 29.2 Å². The molecule has 0 radical (unpaired) electrons. The average molecular weight is 253 g/mol. The molecule has 0 fully saturated rings. The van der Waals surface area contributed by atoms with Crippen molar-refractivity contribution < 1.29 is 0 Å². The predicted octanol–water partition coefficient (Wildman–Crippen LogP) is 2.96. The zero-order valence-corrected chi connectivity index (χ0v) is 12.3. The highest BCUT2D eigenvalue weighted by Gasteiger charge is 2.12. The number of nitrogens with one attached hydrogen (secondary N) is 1. The summed E-state index contributed by atoms with van der Waals surface area (Å²) in [4.78, 5) is 8.82. The van der Waals surface area contributed by atoms with Crippen molar-refractivity contribution >= 4 is 11.8 Å². The van der Waals surface area contributed by atoms with E-state index in [-0.39, 0.29) is 5.54 Å². The van der Waals surface area contributed by atoms with Crippen molar-refractivity contribution in [3.63, 3.8) is 0 Å². The second kappa shape index (κ2) is 6.36. The number of hydrogen-bond donors (Lipinski definition) is 1. The van der Waals surface area contributed by atoms with Crippen LogP contribution < -0.4 is 5.32 Å². The number of aryl methyl sites for hydroxylation is 2. The lowest BCUT2D eigenvalue weighted by molar-refractivity contribution is 0.388. The maximum atomic E-state index is 4.41. The van der Waals surface area contributed by atoms with Gasteiger partial charge < -0.3 is 5.32 Å². The Bertz CT molecular complexity index is 343. The summed E-state index contributed by atoms with van der Waals surface area (Å²) in [5.41, 5.74) is 2.31. The fourth-order valence-corrected chi connectivity index (χ4v) is 2.22. The summed E-state index contributed by atoms with van der Waals surface area (Å²) < 4.78 is 0. The Hall–Kier alpha value is -0.610. The Kier molecular flexibility index (Phi) is 5.40. The van der Waals surface area contributed by atoms with Crippen molar-refractivity contribution in [2.45, 2.75) is 51.7 Å². The number of thioether (sulfide) groups is 1. The summed E-state index contributed by atoms with van der Waals surface area (Å²) in [5.74, 6) is 1.01. The number of nitrogens with zero attached hydrogens (tertiary/aromatic N) is 2. The van der Waals surface area contributed by atoms with Gasteiger partial charge in [-0.15, -0.1) is 0 Å². The van der Waals surface area contributed by atoms with E-state index in [4.69, 9.17) is 0 Å². The lowest BCUT2D eigenvalue weighted by Crippen LogP contribution is -2.39. The van der Waals surface area contributed by atoms with E-state index in [0.29, 0.717) is 0 Å². The van der Waals surface area contributed by atoms with Crippen LogP contribution in [0.25, 0.3) is 0 Å². The Balaban J connectivity index is 2.36. The van der Waals surface area contributed by atoms with E-state index in [9.17, 15) is 0 Å². The van der Waals surface area contributed by atoms with E-state index >= 15 is 0 Å². The molecule has 1 aromatic rings. The fourth-order valence-electron chi connectivity index (χ4n) is 1.41. The summed E-state index contributed by atoms with van der Waals surface area (Å²) in [5, 5.41) is 4.42. The smallest absolute Gasteiger partial charge is 0.188 e. The Morgan fingerprint density at radius 1 is 1.24 bits per heavy atom. The van der Waals surface area contributed by atoms with Crippen LogP contribution in [0.2, 0.25) is 0 Å². The molecule has 0 aliphatic carbocycles. The van der Waals surface area contributed by atoms with Crippen molar-refractivity contribution in [2.75, 3.05) is 12.3 Å². The molecule has 0 aliphatic rings. The molecule has 17 heavy (non-hydrogen) atoms. The van der Waals surface area contributed by atoms with Gasteiger partial charge >= 0.3 is 0 Å². The quantitative estimate of drug-likeness (QED) is 0.480. The first kappa shape index (κ1) is 14.5. The molecular weight excluding hydrogens is 230 g/mol. The minimum Gasteiger partial charge on any atom is -0.311 e. The molecule has 0 bridgehead atoms. The Morgan fingerprint density at radius 3 is 2.35 bits per heavy atom. The molecular formula is C13H23N3S. The van der Waals surface area contributed by atoms with Gasteiger partial charge in [0.05, 0.1) is 0 Å². The van der Waals surface area contributed by atoms with E-state index in [1.165, 1.54) is 0 Å². The number of hydrogen-bond acceptors (Lipinski definition) is 4. The van der Waals surface area contributed by atoms with Gasteiger partial charge in [-0.25, -0.2) is 9.97 Å². The van der Waals surface area contributed by atoms with Gasteiger partial charge in [0.15, 0.2) is 5.16 Å². The molecule has 1 rings (SSSR count). The highest BCUT2D eigenvalue weighted by molar-refractivity contribution is 7.99. The van der Waals surface area contributed by atoms with Crippen molar-refractivity contribution in [2.24, 2.45) is 0 Å². The fraction of sp³-hybridized carbons (Fsp3) is 0.692. The molecule has 96 valence electrons. The highest BCUT2D eigenvalue weighted by atomic mass is 32.2. The van der Waals surface area contributed by atoms with E-state index < -0.39 is 0 Å². The summed E-state index contributed by atoms with van der Waals surface area (Å²) in [6.07, 6.45) is 1.14. The molecule has 0 atom stereocenters. The van der Waals surface area contributed by atoms with Gasteiger partial charge in [-0.05, 0) is 40.2 Å². The maximum absolute atomic E-state index is 4.41. The first-order valence-corrected chi connectivity index (χ1v) is 7.11. The van der Waals surface area contributed by atoms with Crippen LogP contribution >= 0.6 is 11.8 Å². The van der Waals surface area contributed by atoms with Crippen LogP contribution in [-0.2, 0) is 0 Å². The highest BCUT2D eigenvalue weighted by Crippen LogP contribution is 2.14. The number of aromatic nitrogens is 2. The first-order chi connectivity index (χ1) is 7.93. The van der Waals surface area contributed by atoms with E-state index in [2.05, 4.69) is 36.1 Å². The zero-order valence-electron chi connectivity index (χ0n) is 11.5. The zero-order chi connectivity index (χ0) is 12.9. The van der Waals surface area contributed by atoms with Gasteiger partial charge in [-0.1, -0.05) is 18.7 Å². The van der Waals surface area contributed by atoms with Crippen molar-refractivity contribution in [1.82, 2.24) is 15.3 Å². The minimum atomic E-state index is 0.226. The molecule has 0 aliphatic heterocycles. The largest absolute Gasteiger partial charge is 0.311 e. The average Bonchev–Trinajstić information content (AvgIpc) is 2.23. The monoisotopic (exact) mass is 253 g/mol. The van der Waals surface area contributed by atoms with Crippen molar-refractivity contribution in [3.8, 4) is 0 Å². The van der Waals surface area contributed by atoms with Gasteiger partial charge in [0.25, 0.3) is 0 Å². The third-order valence-corrected chi connectivity index (χ3v) is 3.63.